The van der Waals surface area contributed by atoms with Crippen molar-refractivity contribution in [1.29, 1.82) is 0 Å². The minimum absolute atomic E-state index is 0.119. The Hall–Kier alpha value is -2.15. The number of benzene rings is 1. The number of likely N-dealkylation sites (tertiary alicyclic amines) is 1. The topological polar surface area (TPSA) is 38.8 Å². The van der Waals surface area contributed by atoms with Crippen molar-refractivity contribution in [2.75, 3.05) is 25.1 Å². The van der Waals surface area contributed by atoms with Gasteiger partial charge >= 0.3 is 0 Å². The highest BCUT2D eigenvalue weighted by Crippen LogP contribution is 2.27. The molecule has 3 heterocycles. The molecule has 1 N–H and O–H groups in total. The number of hydrazine groups is 1. The zero-order valence-electron chi connectivity index (χ0n) is 15.8. The van der Waals surface area contributed by atoms with Crippen LogP contribution in [-0.2, 0) is 0 Å². The van der Waals surface area contributed by atoms with E-state index in [4.69, 9.17) is 0 Å². The molecule has 1 saturated heterocycles. The van der Waals surface area contributed by atoms with Gasteiger partial charge < -0.3 is 9.80 Å². The third-order valence-corrected chi connectivity index (χ3v) is 6.27. The van der Waals surface area contributed by atoms with Crippen molar-refractivity contribution in [3.63, 3.8) is 0 Å². The summed E-state index contributed by atoms with van der Waals surface area (Å²) in [5.41, 5.74) is 5.83. The highest BCUT2D eigenvalue weighted by molar-refractivity contribution is 7.12. The first-order chi connectivity index (χ1) is 13.1. The average molecular weight is 383 g/mol. The number of amides is 1. The van der Waals surface area contributed by atoms with Gasteiger partial charge in [0.25, 0.3) is 5.91 Å². The molecule has 1 unspecified atom stereocenters. The van der Waals surface area contributed by atoms with Gasteiger partial charge in [0.15, 0.2) is 0 Å². The number of anilines is 1. The highest BCUT2D eigenvalue weighted by Gasteiger charge is 2.35. The molecule has 0 saturated carbocycles. The molecule has 0 aliphatic carbocycles. The Bertz CT molecular complexity index is 811. The average Bonchev–Trinajstić information content (AvgIpc) is 3.36. The molecular formula is C21H26N4OS. The Labute approximate surface area is 164 Å². The fourth-order valence-electron chi connectivity index (χ4n) is 3.85. The molecule has 0 radical (unpaired) electrons. The van der Waals surface area contributed by atoms with Crippen LogP contribution in [0.4, 0.5) is 5.69 Å². The Balaban J connectivity index is 1.57. The molecule has 0 spiro atoms. The molecule has 2 aliphatic rings. The summed E-state index contributed by atoms with van der Waals surface area (Å²) in [4.78, 5) is 18.5. The molecule has 1 aromatic carbocycles. The summed E-state index contributed by atoms with van der Waals surface area (Å²) in [5.74, 6) is 0.119. The number of carbonyl (C=O) groups excluding carboxylic acids is 1. The maximum Gasteiger partial charge on any atom is 0.265 e. The lowest BCUT2D eigenvalue weighted by Crippen LogP contribution is -2.56. The third-order valence-electron chi connectivity index (χ3n) is 5.41. The van der Waals surface area contributed by atoms with Crippen molar-refractivity contribution in [3.8, 4) is 0 Å². The van der Waals surface area contributed by atoms with Crippen molar-refractivity contribution in [2.24, 2.45) is 0 Å². The van der Waals surface area contributed by atoms with Crippen molar-refractivity contribution >= 4 is 22.9 Å². The van der Waals surface area contributed by atoms with Gasteiger partial charge in [0, 0.05) is 12.2 Å². The van der Waals surface area contributed by atoms with E-state index in [9.17, 15) is 4.79 Å². The van der Waals surface area contributed by atoms with Crippen LogP contribution < -0.4 is 10.4 Å². The van der Waals surface area contributed by atoms with Crippen molar-refractivity contribution in [2.45, 2.75) is 32.0 Å². The van der Waals surface area contributed by atoms with E-state index in [0.717, 1.165) is 36.5 Å². The number of aryl methyl sites for hydroxylation is 1. The number of para-hydroxylation sites is 1. The third kappa shape index (κ3) is 3.78. The van der Waals surface area contributed by atoms with Gasteiger partial charge in [0.05, 0.1) is 10.6 Å². The molecule has 2 aliphatic heterocycles. The monoisotopic (exact) mass is 382 g/mol. The maximum absolute atomic E-state index is 13.3. The van der Waals surface area contributed by atoms with E-state index >= 15 is 0 Å². The number of thiophene rings is 1. The van der Waals surface area contributed by atoms with Crippen LogP contribution >= 0.6 is 11.3 Å². The first-order valence-electron chi connectivity index (χ1n) is 9.47. The standard InChI is InChI=1S/C21H26N4OS/c1-16-6-3-4-7-18(16)24-14-11-20(22-24)25(17-9-12-23(2)13-10-17)21(26)19-8-5-15-27-19/h3-8,11,14-15,17,20,22H,9-10,12-13H2,1-2H3. The first-order valence-corrected chi connectivity index (χ1v) is 10.4. The summed E-state index contributed by atoms with van der Waals surface area (Å²) in [6.45, 7) is 4.15. The predicted molar refractivity (Wildman–Crippen MR) is 111 cm³/mol. The van der Waals surface area contributed by atoms with Crippen LogP contribution in [0.15, 0.2) is 54.1 Å². The second kappa shape index (κ2) is 7.84. The second-order valence-electron chi connectivity index (χ2n) is 7.30. The largest absolute Gasteiger partial charge is 0.314 e. The maximum atomic E-state index is 13.3. The van der Waals surface area contributed by atoms with Gasteiger partial charge in [-0.25, -0.2) is 5.43 Å². The molecular weight excluding hydrogens is 356 g/mol. The minimum atomic E-state index is -0.132. The molecule has 4 rings (SSSR count). The lowest BCUT2D eigenvalue weighted by Gasteiger charge is -2.40. The van der Waals surface area contributed by atoms with Crippen molar-refractivity contribution < 1.29 is 4.79 Å². The van der Waals surface area contributed by atoms with Crippen molar-refractivity contribution in [1.82, 2.24) is 15.2 Å². The molecule has 2 aromatic rings. The van der Waals surface area contributed by atoms with Gasteiger partial charge in [0.2, 0.25) is 0 Å². The van der Waals surface area contributed by atoms with Crippen LogP contribution in [0.5, 0.6) is 0 Å². The molecule has 1 amide bonds. The van der Waals surface area contributed by atoms with Crippen molar-refractivity contribution in [3.05, 3.63) is 64.5 Å². The molecule has 1 fully saturated rings. The van der Waals surface area contributed by atoms with Gasteiger partial charge in [-0.3, -0.25) is 9.80 Å². The van der Waals surface area contributed by atoms with E-state index in [0.29, 0.717) is 0 Å². The molecule has 142 valence electrons. The SMILES string of the molecule is Cc1ccccc1N1C=CC(N(C(=O)c2cccs2)C2CCN(C)CC2)N1. The normalized spacial score (nSPS) is 21.0. The quantitative estimate of drug-likeness (QED) is 0.879. The van der Waals surface area contributed by atoms with Crippen LogP contribution in [0.3, 0.4) is 0 Å². The number of carbonyl (C=O) groups is 1. The molecule has 27 heavy (non-hydrogen) atoms. The Kier molecular flexibility index (Phi) is 5.29. The number of hydrogen-bond acceptors (Lipinski definition) is 5. The zero-order valence-corrected chi connectivity index (χ0v) is 16.7. The molecule has 6 heteroatoms. The summed E-state index contributed by atoms with van der Waals surface area (Å²) in [7, 11) is 2.15. The van der Waals surface area contributed by atoms with Gasteiger partial charge in [-0.05, 0) is 69.1 Å². The van der Waals surface area contributed by atoms with Crippen LogP contribution in [0, 0.1) is 6.92 Å². The molecule has 1 atom stereocenters. The van der Waals surface area contributed by atoms with Crippen LogP contribution in [-0.4, -0.2) is 48.1 Å². The zero-order chi connectivity index (χ0) is 18.8. The summed E-state index contributed by atoms with van der Waals surface area (Å²) < 4.78 is 0. The summed E-state index contributed by atoms with van der Waals surface area (Å²) >= 11 is 1.52. The number of piperidine rings is 1. The van der Waals surface area contributed by atoms with E-state index in [1.165, 1.54) is 16.9 Å². The summed E-state index contributed by atoms with van der Waals surface area (Å²) in [6, 6.07) is 12.4. The van der Waals surface area contributed by atoms with Gasteiger partial charge in [0.1, 0.15) is 6.17 Å². The van der Waals surface area contributed by atoms with E-state index in [-0.39, 0.29) is 18.1 Å². The number of nitrogens with zero attached hydrogens (tertiary/aromatic N) is 3. The Morgan fingerprint density at radius 1 is 1.19 bits per heavy atom. The first kappa shape index (κ1) is 18.2. The van der Waals surface area contributed by atoms with Gasteiger partial charge in [-0.1, -0.05) is 24.3 Å². The Morgan fingerprint density at radius 3 is 2.67 bits per heavy atom. The summed E-state index contributed by atoms with van der Waals surface area (Å²) in [6.07, 6.45) is 6.01. The molecule has 5 nitrogen and oxygen atoms in total. The molecule has 1 aromatic heterocycles. The lowest BCUT2D eigenvalue weighted by molar-refractivity contribution is 0.0492. The fraction of sp³-hybridized carbons (Fsp3) is 0.381. The van der Waals surface area contributed by atoms with E-state index < -0.39 is 0 Å². The fourth-order valence-corrected chi connectivity index (χ4v) is 4.52. The van der Waals surface area contributed by atoms with Crippen LogP contribution in [0.2, 0.25) is 0 Å². The highest BCUT2D eigenvalue weighted by atomic mass is 32.1. The number of hydrogen-bond donors (Lipinski definition) is 1. The van der Waals surface area contributed by atoms with E-state index in [2.05, 4.69) is 42.5 Å². The Morgan fingerprint density at radius 2 is 1.96 bits per heavy atom. The van der Waals surface area contributed by atoms with E-state index in [1.54, 1.807) is 0 Å². The van der Waals surface area contributed by atoms with Gasteiger partial charge in [-0.15, -0.1) is 11.3 Å². The predicted octanol–water partition coefficient (Wildman–Crippen LogP) is 3.46. The lowest BCUT2D eigenvalue weighted by atomic mass is 10.0. The smallest absolute Gasteiger partial charge is 0.265 e. The summed E-state index contributed by atoms with van der Waals surface area (Å²) in [5, 5.41) is 4.00. The minimum Gasteiger partial charge on any atom is -0.314 e. The number of rotatable bonds is 4. The number of nitrogens with one attached hydrogen (secondary N) is 1. The molecule has 0 bridgehead atoms. The van der Waals surface area contributed by atoms with Crippen LogP contribution in [0.1, 0.15) is 28.1 Å². The second-order valence-corrected chi connectivity index (χ2v) is 8.24. The van der Waals surface area contributed by atoms with E-state index in [1.807, 2.05) is 45.8 Å². The van der Waals surface area contributed by atoms with Crippen LogP contribution in [0.25, 0.3) is 0 Å². The van der Waals surface area contributed by atoms with Gasteiger partial charge in [-0.2, -0.15) is 0 Å².